The normalized spacial score (nSPS) is 10.3. The number of nitrogens with zero attached hydrogens (tertiary/aromatic N) is 4. The average Bonchev–Trinajstić information content (AvgIpc) is 2.38. The maximum absolute atomic E-state index is 5.94. The van der Waals surface area contributed by atoms with Crippen molar-refractivity contribution in [1.82, 2.24) is 15.0 Å². The molecule has 0 aliphatic rings. The summed E-state index contributed by atoms with van der Waals surface area (Å²) < 4.78 is 0. The van der Waals surface area contributed by atoms with Crippen LogP contribution in [0.15, 0.2) is 24.3 Å². The molecule has 3 N–H and O–H groups in total. The highest BCUT2D eigenvalue weighted by Gasteiger charge is 2.05. The first-order valence-electron chi connectivity index (χ1n) is 6.22. The molecule has 1 aromatic heterocycles. The van der Waals surface area contributed by atoms with Gasteiger partial charge in [0.2, 0.25) is 17.8 Å². The molecule has 0 unspecified atom stereocenters. The Kier molecular flexibility index (Phi) is 4.57. The van der Waals surface area contributed by atoms with Crippen molar-refractivity contribution in [3.05, 3.63) is 34.9 Å². The zero-order chi connectivity index (χ0) is 14.5. The van der Waals surface area contributed by atoms with E-state index in [0.717, 1.165) is 17.0 Å². The van der Waals surface area contributed by atoms with Crippen molar-refractivity contribution < 1.29 is 0 Å². The second-order valence-electron chi connectivity index (χ2n) is 4.52. The molecule has 1 aromatic carbocycles. The molecule has 1 heterocycles. The van der Waals surface area contributed by atoms with Gasteiger partial charge < -0.3 is 16.0 Å². The number of nitrogens with two attached hydrogens (primary N) is 1. The Balaban J connectivity index is 1.97. The molecule has 2 aromatic rings. The van der Waals surface area contributed by atoms with E-state index in [9.17, 15) is 0 Å². The lowest BCUT2D eigenvalue weighted by molar-refractivity contribution is 0.935. The smallest absolute Gasteiger partial charge is 0.231 e. The Bertz CT molecular complexity index is 587. The van der Waals surface area contributed by atoms with Gasteiger partial charge in [-0.25, -0.2) is 0 Å². The molecule has 0 amide bonds. The molecule has 0 saturated carbocycles. The first kappa shape index (κ1) is 14.3. The van der Waals surface area contributed by atoms with Crippen LogP contribution < -0.4 is 16.0 Å². The van der Waals surface area contributed by atoms with Crippen LogP contribution in [0.2, 0.25) is 5.02 Å². The van der Waals surface area contributed by atoms with E-state index in [4.69, 9.17) is 17.3 Å². The van der Waals surface area contributed by atoms with Gasteiger partial charge in [-0.15, -0.1) is 0 Å². The summed E-state index contributed by atoms with van der Waals surface area (Å²) >= 11 is 5.94. The third-order valence-electron chi connectivity index (χ3n) is 2.63. The number of nitrogen functional groups attached to an aromatic ring is 1. The van der Waals surface area contributed by atoms with Crippen molar-refractivity contribution >= 4 is 29.4 Å². The van der Waals surface area contributed by atoms with E-state index in [1.807, 2.05) is 38.4 Å². The van der Waals surface area contributed by atoms with Gasteiger partial charge in [0.1, 0.15) is 0 Å². The van der Waals surface area contributed by atoms with E-state index in [-0.39, 0.29) is 5.95 Å². The lowest BCUT2D eigenvalue weighted by Gasteiger charge is -2.12. The predicted octanol–water partition coefficient (Wildman–Crippen LogP) is 1.83. The minimum absolute atomic E-state index is 0.203. The van der Waals surface area contributed by atoms with Gasteiger partial charge in [0.05, 0.1) is 0 Å². The van der Waals surface area contributed by atoms with Crippen molar-refractivity contribution in [2.75, 3.05) is 36.6 Å². The van der Waals surface area contributed by atoms with Gasteiger partial charge in [-0.1, -0.05) is 23.7 Å². The molecule has 0 aliphatic heterocycles. The number of hydrogen-bond acceptors (Lipinski definition) is 6. The Morgan fingerprint density at radius 3 is 2.75 bits per heavy atom. The molecule has 106 valence electrons. The number of rotatable bonds is 5. The Morgan fingerprint density at radius 1 is 1.25 bits per heavy atom. The highest BCUT2D eigenvalue weighted by molar-refractivity contribution is 6.30. The van der Waals surface area contributed by atoms with Crippen LogP contribution in [0.1, 0.15) is 5.56 Å². The second-order valence-corrected chi connectivity index (χ2v) is 4.95. The van der Waals surface area contributed by atoms with Crippen LogP contribution in [0.4, 0.5) is 17.8 Å². The van der Waals surface area contributed by atoms with E-state index in [2.05, 4.69) is 20.3 Å². The number of nitrogens with one attached hydrogen (secondary N) is 1. The maximum atomic E-state index is 5.94. The molecular formula is C13H17ClN6. The molecule has 0 radical (unpaired) electrons. The lowest BCUT2D eigenvalue weighted by Crippen LogP contribution is -2.17. The van der Waals surface area contributed by atoms with E-state index in [0.29, 0.717) is 18.4 Å². The molecule has 0 bridgehead atoms. The molecular weight excluding hydrogens is 276 g/mol. The van der Waals surface area contributed by atoms with Crippen LogP contribution in [0.25, 0.3) is 0 Å². The summed E-state index contributed by atoms with van der Waals surface area (Å²) in [7, 11) is 3.70. The third-order valence-corrected chi connectivity index (χ3v) is 2.86. The zero-order valence-corrected chi connectivity index (χ0v) is 12.2. The van der Waals surface area contributed by atoms with Crippen molar-refractivity contribution in [2.24, 2.45) is 0 Å². The monoisotopic (exact) mass is 292 g/mol. The summed E-state index contributed by atoms with van der Waals surface area (Å²) in [5, 5.41) is 3.87. The Labute approximate surface area is 123 Å². The van der Waals surface area contributed by atoms with E-state index < -0.39 is 0 Å². The maximum Gasteiger partial charge on any atom is 0.231 e. The number of hydrogen-bond donors (Lipinski definition) is 2. The zero-order valence-electron chi connectivity index (χ0n) is 11.5. The average molecular weight is 293 g/mol. The van der Waals surface area contributed by atoms with Gasteiger partial charge in [0, 0.05) is 25.7 Å². The predicted molar refractivity (Wildman–Crippen MR) is 82.2 cm³/mol. The minimum atomic E-state index is 0.203. The standard InChI is InChI=1S/C13H17ClN6/c1-20(2)13-18-11(15)17-12(19-13)16-7-6-9-4-3-5-10(14)8-9/h3-5,8H,6-7H2,1-2H3,(H3,15,16,17,18,19). The first-order chi connectivity index (χ1) is 9.54. The van der Waals surface area contributed by atoms with Crippen LogP contribution >= 0.6 is 11.6 Å². The van der Waals surface area contributed by atoms with Gasteiger partial charge in [-0.3, -0.25) is 0 Å². The van der Waals surface area contributed by atoms with Gasteiger partial charge >= 0.3 is 0 Å². The molecule has 20 heavy (non-hydrogen) atoms. The van der Waals surface area contributed by atoms with Crippen LogP contribution in [0.5, 0.6) is 0 Å². The third kappa shape index (κ3) is 3.96. The summed E-state index contributed by atoms with van der Waals surface area (Å²) in [5.74, 6) is 1.21. The van der Waals surface area contributed by atoms with Crippen LogP contribution in [0, 0.1) is 0 Å². The summed E-state index contributed by atoms with van der Waals surface area (Å²) in [4.78, 5) is 14.1. The summed E-state index contributed by atoms with van der Waals surface area (Å²) in [5.41, 5.74) is 6.81. The van der Waals surface area contributed by atoms with E-state index in [1.165, 1.54) is 0 Å². The quantitative estimate of drug-likeness (QED) is 0.875. The van der Waals surface area contributed by atoms with Crippen molar-refractivity contribution in [3.63, 3.8) is 0 Å². The fraction of sp³-hybridized carbons (Fsp3) is 0.308. The van der Waals surface area contributed by atoms with Gasteiger partial charge in [0.15, 0.2) is 0 Å². The number of halogens is 1. The Morgan fingerprint density at radius 2 is 2.05 bits per heavy atom. The van der Waals surface area contributed by atoms with Crippen molar-refractivity contribution in [1.29, 1.82) is 0 Å². The topological polar surface area (TPSA) is 80.0 Å². The van der Waals surface area contributed by atoms with Crippen LogP contribution in [0.3, 0.4) is 0 Å². The molecule has 2 rings (SSSR count). The highest BCUT2D eigenvalue weighted by atomic mass is 35.5. The highest BCUT2D eigenvalue weighted by Crippen LogP contribution is 2.12. The molecule has 6 nitrogen and oxygen atoms in total. The number of anilines is 3. The van der Waals surface area contributed by atoms with Crippen LogP contribution in [-0.2, 0) is 6.42 Å². The Hall–Kier alpha value is -2.08. The van der Waals surface area contributed by atoms with E-state index in [1.54, 1.807) is 4.90 Å². The summed E-state index contributed by atoms with van der Waals surface area (Å²) in [6.07, 6.45) is 0.823. The van der Waals surface area contributed by atoms with E-state index >= 15 is 0 Å². The molecule has 0 spiro atoms. The summed E-state index contributed by atoms with van der Waals surface area (Å²) in [6.45, 7) is 0.691. The van der Waals surface area contributed by atoms with Crippen LogP contribution in [-0.4, -0.2) is 35.6 Å². The molecule has 0 atom stereocenters. The van der Waals surface area contributed by atoms with Crippen molar-refractivity contribution in [3.8, 4) is 0 Å². The fourth-order valence-electron chi connectivity index (χ4n) is 1.67. The first-order valence-corrected chi connectivity index (χ1v) is 6.59. The largest absolute Gasteiger partial charge is 0.368 e. The van der Waals surface area contributed by atoms with Gasteiger partial charge in [-0.05, 0) is 24.1 Å². The second kappa shape index (κ2) is 6.38. The number of benzene rings is 1. The number of aromatic nitrogens is 3. The minimum Gasteiger partial charge on any atom is -0.368 e. The molecule has 0 fully saturated rings. The van der Waals surface area contributed by atoms with Crippen molar-refractivity contribution in [2.45, 2.75) is 6.42 Å². The van der Waals surface area contributed by atoms with Gasteiger partial charge in [0.25, 0.3) is 0 Å². The SMILES string of the molecule is CN(C)c1nc(N)nc(NCCc2cccc(Cl)c2)n1. The molecule has 0 saturated heterocycles. The molecule has 7 heteroatoms. The van der Waals surface area contributed by atoms with Gasteiger partial charge in [-0.2, -0.15) is 15.0 Å². The fourth-order valence-corrected chi connectivity index (χ4v) is 1.88. The summed E-state index contributed by atoms with van der Waals surface area (Å²) in [6, 6.07) is 7.76. The molecule has 0 aliphatic carbocycles. The lowest BCUT2D eigenvalue weighted by atomic mass is 10.1.